The quantitative estimate of drug-likeness (QED) is 0.755. The Bertz CT molecular complexity index is 258. The Balaban J connectivity index is 0.000000845. The van der Waals surface area contributed by atoms with Crippen molar-refractivity contribution < 1.29 is 9.26 Å². The molecule has 1 fully saturated rings. The van der Waals surface area contributed by atoms with Crippen LogP contribution in [0.1, 0.15) is 24.5 Å². The van der Waals surface area contributed by atoms with Crippen molar-refractivity contribution in [3.8, 4) is 0 Å². The van der Waals surface area contributed by atoms with E-state index < -0.39 is 0 Å². The molecular formula is C8H13ClN2O2. The van der Waals surface area contributed by atoms with E-state index in [0.29, 0.717) is 11.6 Å². The molecule has 1 aliphatic rings. The second-order valence-corrected chi connectivity index (χ2v) is 3.03. The average molecular weight is 205 g/mol. The van der Waals surface area contributed by atoms with Crippen LogP contribution in [-0.4, -0.2) is 18.4 Å². The summed E-state index contributed by atoms with van der Waals surface area (Å²) < 4.78 is 10.3. The monoisotopic (exact) mass is 204 g/mol. The zero-order valence-corrected chi connectivity index (χ0v) is 8.05. The highest BCUT2D eigenvalue weighted by molar-refractivity contribution is 5.85. The van der Waals surface area contributed by atoms with E-state index in [0.717, 1.165) is 31.8 Å². The van der Waals surface area contributed by atoms with Crippen LogP contribution in [-0.2, 0) is 4.74 Å². The first-order valence-electron chi connectivity index (χ1n) is 4.15. The normalized spacial score (nSPS) is 18.2. The lowest BCUT2D eigenvalue weighted by molar-refractivity contribution is 0.0793. The third-order valence-electron chi connectivity index (χ3n) is 2.22. The van der Waals surface area contributed by atoms with Crippen LogP contribution in [0.2, 0.25) is 0 Å². The predicted molar refractivity (Wildman–Crippen MR) is 51.0 cm³/mol. The molecule has 0 aliphatic carbocycles. The van der Waals surface area contributed by atoms with Crippen molar-refractivity contribution in [2.24, 2.45) is 0 Å². The van der Waals surface area contributed by atoms with Crippen molar-refractivity contribution in [1.82, 2.24) is 5.16 Å². The fraction of sp³-hybridized carbons (Fsp3) is 0.625. The fourth-order valence-electron chi connectivity index (χ4n) is 1.53. The van der Waals surface area contributed by atoms with Crippen molar-refractivity contribution in [2.45, 2.75) is 18.8 Å². The number of aromatic nitrogens is 1. The summed E-state index contributed by atoms with van der Waals surface area (Å²) in [5.41, 5.74) is 6.34. The van der Waals surface area contributed by atoms with Gasteiger partial charge in [-0.3, -0.25) is 0 Å². The SMILES string of the molecule is Cl.Nc1cnoc1C1CCOCC1. The minimum absolute atomic E-state index is 0. The van der Waals surface area contributed by atoms with E-state index in [9.17, 15) is 0 Å². The minimum Gasteiger partial charge on any atom is -0.395 e. The zero-order valence-electron chi connectivity index (χ0n) is 7.23. The van der Waals surface area contributed by atoms with E-state index in [-0.39, 0.29) is 12.4 Å². The maximum Gasteiger partial charge on any atom is 0.162 e. The van der Waals surface area contributed by atoms with Gasteiger partial charge in [0.05, 0.1) is 11.9 Å². The number of nitrogen functional groups attached to an aromatic ring is 1. The smallest absolute Gasteiger partial charge is 0.162 e. The number of anilines is 1. The Kier molecular flexibility index (Phi) is 3.57. The lowest BCUT2D eigenvalue weighted by Crippen LogP contribution is -2.14. The van der Waals surface area contributed by atoms with Crippen LogP contribution < -0.4 is 5.73 Å². The Morgan fingerprint density at radius 2 is 2.08 bits per heavy atom. The van der Waals surface area contributed by atoms with Gasteiger partial charge in [-0.1, -0.05) is 5.16 Å². The highest BCUT2D eigenvalue weighted by Gasteiger charge is 2.21. The summed E-state index contributed by atoms with van der Waals surface area (Å²) in [6.07, 6.45) is 3.53. The van der Waals surface area contributed by atoms with Crippen LogP contribution in [0.25, 0.3) is 0 Å². The molecule has 4 nitrogen and oxygen atoms in total. The molecule has 0 aromatic carbocycles. The number of hydrogen-bond acceptors (Lipinski definition) is 4. The fourth-order valence-corrected chi connectivity index (χ4v) is 1.53. The molecule has 0 saturated carbocycles. The number of halogens is 1. The third kappa shape index (κ3) is 2.14. The van der Waals surface area contributed by atoms with E-state index in [4.69, 9.17) is 15.0 Å². The molecule has 0 unspecified atom stereocenters. The maximum absolute atomic E-state index is 5.67. The Labute approximate surface area is 82.8 Å². The second kappa shape index (κ2) is 4.48. The molecule has 2 rings (SSSR count). The second-order valence-electron chi connectivity index (χ2n) is 3.03. The first-order valence-corrected chi connectivity index (χ1v) is 4.15. The zero-order chi connectivity index (χ0) is 8.39. The standard InChI is InChI=1S/C8H12N2O2.ClH/c9-7-5-10-12-8(7)6-1-3-11-4-2-6;/h5-6H,1-4,9H2;1H. The molecule has 5 heteroatoms. The topological polar surface area (TPSA) is 61.3 Å². The van der Waals surface area contributed by atoms with Crippen molar-refractivity contribution in [1.29, 1.82) is 0 Å². The Hall–Kier alpha value is -0.740. The van der Waals surface area contributed by atoms with Gasteiger partial charge in [0.1, 0.15) is 0 Å². The van der Waals surface area contributed by atoms with Gasteiger partial charge in [0, 0.05) is 19.1 Å². The molecule has 1 aliphatic heterocycles. The average Bonchev–Trinajstić information content (AvgIpc) is 2.53. The minimum atomic E-state index is 0. The van der Waals surface area contributed by atoms with Gasteiger partial charge in [-0.2, -0.15) is 0 Å². The molecule has 1 aromatic heterocycles. The molecule has 13 heavy (non-hydrogen) atoms. The van der Waals surface area contributed by atoms with Gasteiger partial charge >= 0.3 is 0 Å². The number of ether oxygens (including phenoxy) is 1. The summed E-state index contributed by atoms with van der Waals surface area (Å²) >= 11 is 0. The van der Waals surface area contributed by atoms with Gasteiger partial charge in [0.2, 0.25) is 0 Å². The van der Waals surface area contributed by atoms with E-state index >= 15 is 0 Å². The van der Waals surface area contributed by atoms with Gasteiger partial charge in [-0.15, -0.1) is 12.4 Å². The predicted octanol–water partition coefficient (Wildman–Crippen LogP) is 1.57. The van der Waals surface area contributed by atoms with Gasteiger partial charge in [0.25, 0.3) is 0 Å². The van der Waals surface area contributed by atoms with Crippen LogP contribution in [0.3, 0.4) is 0 Å². The van der Waals surface area contributed by atoms with Gasteiger partial charge in [0.15, 0.2) is 5.76 Å². The summed E-state index contributed by atoms with van der Waals surface area (Å²) in [5.74, 6) is 1.24. The molecule has 1 aromatic rings. The summed E-state index contributed by atoms with van der Waals surface area (Å²) in [6, 6.07) is 0. The number of nitrogens with zero attached hydrogens (tertiary/aromatic N) is 1. The van der Waals surface area contributed by atoms with Crippen LogP contribution in [0, 0.1) is 0 Å². The molecule has 74 valence electrons. The summed E-state index contributed by atoms with van der Waals surface area (Å²) in [4.78, 5) is 0. The lowest BCUT2D eigenvalue weighted by atomic mass is 9.97. The molecule has 2 heterocycles. The first kappa shape index (κ1) is 10.3. The summed E-state index contributed by atoms with van der Waals surface area (Å²) in [6.45, 7) is 1.59. The highest BCUT2D eigenvalue weighted by atomic mass is 35.5. The Morgan fingerprint density at radius 3 is 2.62 bits per heavy atom. The van der Waals surface area contributed by atoms with Crippen molar-refractivity contribution >= 4 is 18.1 Å². The van der Waals surface area contributed by atoms with E-state index in [1.807, 2.05) is 0 Å². The number of hydrogen-bond donors (Lipinski definition) is 1. The molecule has 0 spiro atoms. The molecule has 0 radical (unpaired) electrons. The van der Waals surface area contributed by atoms with Gasteiger partial charge < -0.3 is 15.0 Å². The van der Waals surface area contributed by atoms with Crippen molar-refractivity contribution in [3.63, 3.8) is 0 Å². The van der Waals surface area contributed by atoms with Crippen molar-refractivity contribution in [2.75, 3.05) is 18.9 Å². The largest absolute Gasteiger partial charge is 0.395 e. The van der Waals surface area contributed by atoms with E-state index in [1.54, 1.807) is 6.20 Å². The van der Waals surface area contributed by atoms with E-state index in [1.165, 1.54) is 0 Å². The highest BCUT2D eigenvalue weighted by Crippen LogP contribution is 2.30. The molecule has 0 atom stereocenters. The van der Waals surface area contributed by atoms with Crippen molar-refractivity contribution in [3.05, 3.63) is 12.0 Å². The Morgan fingerprint density at radius 1 is 1.38 bits per heavy atom. The molecule has 0 amide bonds. The van der Waals surface area contributed by atoms with Crippen LogP contribution in [0.4, 0.5) is 5.69 Å². The summed E-state index contributed by atoms with van der Waals surface area (Å²) in [5, 5.41) is 3.66. The van der Waals surface area contributed by atoms with Crippen LogP contribution in [0.5, 0.6) is 0 Å². The summed E-state index contributed by atoms with van der Waals surface area (Å²) in [7, 11) is 0. The van der Waals surface area contributed by atoms with Crippen LogP contribution in [0.15, 0.2) is 10.7 Å². The van der Waals surface area contributed by atoms with Crippen LogP contribution >= 0.6 is 12.4 Å². The lowest BCUT2D eigenvalue weighted by Gasteiger charge is -2.19. The van der Waals surface area contributed by atoms with Gasteiger partial charge in [-0.05, 0) is 12.8 Å². The maximum atomic E-state index is 5.67. The molecule has 0 bridgehead atoms. The first-order chi connectivity index (χ1) is 5.88. The molecule has 1 saturated heterocycles. The third-order valence-corrected chi connectivity index (χ3v) is 2.22. The number of rotatable bonds is 1. The van der Waals surface area contributed by atoms with E-state index in [2.05, 4.69) is 5.16 Å². The molecule has 2 N–H and O–H groups in total. The number of nitrogens with two attached hydrogens (primary N) is 1. The molecular weight excluding hydrogens is 192 g/mol. The van der Waals surface area contributed by atoms with Gasteiger partial charge in [-0.25, -0.2) is 0 Å².